The topological polar surface area (TPSA) is 91.7 Å². The molecule has 1 aromatic heterocycles. The molecule has 2 atom stereocenters. The molecular weight excluding hydrogens is 548 g/mol. The number of carbonyl (C=O) groups excluding carboxylic acids is 1. The van der Waals surface area contributed by atoms with Crippen molar-refractivity contribution in [2.75, 3.05) is 35.8 Å². The van der Waals surface area contributed by atoms with Crippen LogP contribution in [-0.2, 0) is 16.6 Å². The number of hydrogen-bond donors (Lipinski definition) is 1. The number of benzene rings is 2. The maximum absolute atomic E-state index is 13.5. The monoisotopic (exact) mass is 580 g/mol. The number of aromatic nitrogens is 1. The first-order chi connectivity index (χ1) is 19.3. The zero-order chi connectivity index (χ0) is 27.9. The van der Waals surface area contributed by atoms with Crippen LogP contribution in [0.15, 0.2) is 70.4 Å². The van der Waals surface area contributed by atoms with Crippen LogP contribution in [0.3, 0.4) is 0 Å². The highest BCUT2D eigenvalue weighted by molar-refractivity contribution is 7.92. The number of halogens is 1. The van der Waals surface area contributed by atoms with Gasteiger partial charge in [0.2, 0.25) is 0 Å². The van der Waals surface area contributed by atoms with Gasteiger partial charge >= 0.3 is 0 Å². The van der Waals surface area contributed by atoms with E-state index in [1.165, 1.54) is 12.1 Å². The lowest BCUT2D eigenvalue weighted by Gasteiger charge is -2.44. The first-order valence-corrected chi connectivity index (χ1v) is 15.8. The molecule has 40 heavy (non-hydrogen) atoms. The molecule has 0 aliphatic carbocycles. The summed E-state index contributed by atoms with van der Waals surface area (Å²) in [5.74, 6) is 0.329. The molecule has 2 fully saturated rings. The Bertz CT molecular complexity index is 1580. The van der Waals surface area contributed by atoms with Gasteiger partial charge in [-0.15, -0.1) is 0 Å². The molecule has 2 bridgehead atoms. The molecule has 1 amide bonds. The van der Waals surface area contributed by atoms with E-state index in [0.717, 1.165) is 43.5 Å². The van der Waals surface area contributed by atoms with E-state index in [1.807, 2.05) is 33.7 Å². The molecule has 1 N–H and O–H groups in total. The lowest BCUT2D eigenvalue weighted by Crippen LogP contribution is -2.47. The Balaban J connectivity index is 1.36. The summed E-state index contributed by atoms with van der Waals surface area (Å²) in [6, 6.07) is 16.8. The summed E-state index contributed by atoms with van der Waals surface area (Å²) in [7, 11) is -3.94. The molecule has 0 spiro atoms. The summed E-state index contributed by atoms with van der Waals surface area (Å²) in [6.45, 7) is 3.39. The zero-order valence-electron chi connectivity index (χ0n) is 22.3. The fourth-order valence-corrected chi connectivity index (χ4v) is 7.58. The van der Waals surface area contributed by atoms with Gasteiger partial charge in [0.05, 0.1) is 16.3 Å². The number of sulfonamides is 1. The molecule has 2 unspecified atom stereocenters. The van der Waals surface area contributed by atoms with Crippen LogP contribution in [0.1, 0.15) is 54.1 Å². The van der Waals surface area contributed by atoms with E-state index in [2.05, 4.69) is 9.62 Å². The molecule has 10 heteroatoms. The second-order valence-electron chi connectivity index (χ2n) is 11.1. The molecule has 4 heterocycles. The average molecular weight is 581 g/mol. The number of nitrogens with zero attached hydrogens (tertiary/aromatic N) is 3. The van der Waals surface area contributed by atoms with Gasteiger partial charge in [0.25, 0.3) is 21.5 Å². The molecule has 210 valence electrons. The van der Waals surface area contributed by atoms with E-state index in [-0.39, 0.29) is 28.2 Å². The van der Waals surface area contributed by atoms with Crippen molar-refractivity contribution in [3.63, 3.8) is 0 Å². The fraction of sp³-hybridized carbons (Fsp3) is 0.400. The fourth-order valence-electron chi connectivity index (χ4n) is 6.39. The van der Waals surface area contributed by atoms with Gasteiger partial charge in [-0.2, -0.15) is 0 Å². The van der Waals surface area contributed by atoms with Crippen LogP contribution in [0.5, 0.6) is 0 Å². The molecule has 0 radical (unpaired) electrons. The molecule has 3 aliphatic rings. The first-order valence-electron chi connectivity index (χ1n) is 13.9. The number of carbonyl (C=O) groups is 1. The highest BCUT2D eigenvalue weighted by atomic mass is 35.5. The van der Waals surface area contributed by atoms with Crippen LogP contribution in [0.2, 0.25) is 5.02 Å². The molecule has 2 aromatic carbocycles. The molecule has 0 saturated carbocycles. The van der Waals surface area contributed by atoms with Crippen molar-refractivity contribution in [3.05, 3.63) is 87.3 Å². The molecular formula is C30H33ClN4O4S. The Labute approximate surface area is 239 Å². The Morgan fingerprint density at radius 2 is 1.65 bits per heavy atom. The predicted octanol–water partition coefficient (Wildman–Crippen LogP) is 4.94. The molecule has 3 aliphatic heterocycles. The van der Waals surface area contributed by atoms with Crippen molar-refractivity contribution >= 4 is 38.9 Å². The normalized spacial score (nSPS) is 20.9. The van der Waals surface area contributed by atoms with E-state index >= 15 is 0 Å². The number of pyridine rings is 1. The summed E-state index contributed by atoms with van der Waals surface area (Å²) >= 11 is 6.00. The van der Waals surface area contributed by atoms with Crippen molar-refractivity contribution in [2.24, 2.45) is 5.92 Å². The van der Waals surface area contributed by atoms with Gasteiger partial charge in [-0.1, -0.05) is 30.5 Å². The minimum absolute atomic E-state index is 0.0217. The quantitative estimate of drug-likeness (QED) is 0.461. The molecule has 6 rings (SSSR count). The lowest BCUT2D eigenvalue weighted by atomic mass is 9.83. The number of nitrogens with one attached hydrogen (secondary N) is 1. The highest BCUT2D eigenvalue weighted by Gasteiger charge is 2.35. The SMILES string of the molecule is O=C(c1ccc(N2CC3CC(C2)c2cccc(=O)n2C3)c(NS(=O)(=O)c2ccc(Cl)cc2)c1)N1CCCCCC1. The first kappa shape index (κ1) is 26.9. The molecule has 8 nitrogen and oxygen atoms in total. The van der Waals surface area contributed by atoms with Gasteiger partial charge in [-0.3, -0.25) is 14.3 Å². The number of amides is 1. The van der Waals surface area contributed by atoms with Gasteiger partial charge in [-0.05, 0) is 73.7 Å². The summed E-state index contributed by atoms with van der Waals surface area (Å²) < 4.78 is 31.6. The second-order valence-corrected chi connectivity index (χ2v) is 13.2. The number of anilines is 2. The van der Waals surface area contributed by atoms with E-state index < -0.39 is 10.0 Å². The van der Waals surface area contributed by atoms with Gasteiger partial charge in [0, 0.05) is 61.0 Å². The summed E-state index contributed by atoms with van der Waals surface area (Å²) in [4.78, 5) is 30.1. The molecule has 3 aromatic rings. The number of hydrogen-bond acceptors (Lipinski definition) is 5. The maximum Gasteiger partial charge on any atom is 0.261 e. The maximum atomic E-state index is 13.5. The third-order valence-electron chi connectivity index (χ3n) is 8.33. The van der Waals surface area contributed by atoms with Crippen LogP contribution < -0.4 is 15.2 Å². The van der Waals surface area contributed by atoms with Crippen LogP contribution in [-0.4, -0.2) is 50.0 Å². The summed E-state index contributed by atoms with van der Waals surface area (Å²) in [6.07, 6.45) is 5.15. The number of rotatable bonds is 5. The number of likely N-dealkylation sites (tertiary alicyclic amines) is 1. The van der Waals surface area contributed by atoms with Crippen molar-refractivity contribution in [1.82, 2.24) is 9.47 Å². The van der Waals surface area contributed by atoms with Crippen molar-refractivity contribution in [3.8, 4) is 0 Å². The Morgan fingerprint density at radius 3 is 2.40 bits per heavy atom. The second kappa shape index (κ2) is 10.9. The van der Waals surface area contributed by atoms with Crippen LogP contribution >= 0.6 is 11.6 Å². The van der Waals surface area contributed by atoms with Crippen LogP contribution in [0, 0.1) is 5.92 Å². The van der Waals surface area contributed by atoms with Crippen molar-refractivity contribution < 1.29 is 13.2 Å². The number of piperidine rings is 1. The Hall–Kier alpha value is -3.30. The minimum atomic E-state index is -3.94. The Kier molecular flexibility index (Phi) is 7.35. The third-order valence-corrected chi connectivity index (χ3v) is 9.96. The largest absolute Gasteiger partial charge is 0.369 e. The molecule has 2 saturated heterocycles. The van der Waals surface area contributed by atoms with E-state index in [4.69, 9.17) is 11.6 Å². The van der Waals surface area contributed by atoms with E-state index in [1.54, 1.807) is 24.3 Å². The predicted molar refractivity (Wildman–Crippen MR) is 157 cm³/mol. The Morgan fingerprint density at radius 1 is 0.900 bits per heavy atom. The van der Waals surface area contributed by atoms with E-state index in [9.17, 15) is 18.0 Å². The smallest absolute Gasteiger partial charge is 0.261 e. The number of fused-ring (bicyclic) bond motifs is 4. The van der Waals surface area contributed by atoms with Gasteiger partial charge < -0.3 is 14.4 Å². The van der Waals surface area contributed by atoms with Crippen molar-refractivity contribution in [1.29, 1.82) is 0 Å². The summed E-state index contributed by atoms with van der Waals surface area (Å²) in [5.41, 5.74) is 2.61. The van der Waals surface area contributed by atoms with E-state index in [0.29, 0.717) is 49.0 Å². The van der Waals surface area contributed by atoms with Crippen LogP contribution in [0.25, 0.3) is 0 Å². The minimum Gasteiger partial charge on any atom is -0.369 e. The zero-order valence-corrected chi connectivity index (χ0v) is 23.8. The standard InChI is InChI=1S/C30H33ClN4O4S/c31-24-9-11-25(12-10-24)40(38,39)32-26-17-22(30(37)33-14-3-1-2-4-15-33)8-13-28(26)34-18-21-16-23(20-34)27-6-5-7-29(36)35(27)19-21/h5-13,17,21,23,32H,1-4,14-16,18-20H2. The van der Waals surface area contributed by atoms with Gasteiger partial charge in [-0.25, -0.2) is 8.42 Å². The third kappa shape index (κ3) is 5.37. The van der Waals surface area contributed by atoms with Crippen molar-refractivity contribution in [2.45, 2.75) is 49.5 Å². The van der Waals surface area contributed by atoms with Gasteiger partial charge in [0.1, 0.15) is 0 Å². The van der Waals surface area contributed by atoms with Crippen LogP contribution in [0.4, 0.5) is 11.4 Å². The highest BCUT2D eigenvalue weighted by Crippen LogP contribution is 2.40. The lowest BCUT2D eigenvalue weighted by molar-refractivity contribution is 0.0761. The van der Waals surface area contributed by atoms with Gasteiger partial charge in [0.15, 0.2) is 0 Å². The average Bonchev–Trinajstić information content (AvgIpc) is 3.23. The summed E-state index contributed by atoms with van der Waals surface area (Å²) in [5, 5.41) is 0.448.